The first-order valence-corrected chi connectivity index (χ1v) is 5.00. The molecule has 0 spiro atoms. The summed E-state index contributed by atoms with van der Waals surface area (Å²) in [5.41, 5.74) is 0.400. The minimum atomic E-state index is -0.791. The fourth-order valence-electron chi connectivity index (χ4n) is 1.82. The van der Waals surface area contributed by atoms with Gasteiger partial charge < -0.3 is 9.84 Å². The summed E-state index contributed by atoms with van der Waals surface area (Å²) in [6.45, 7) is 0.691. The van der Waals surface area contributed by atoms with Crippen LogP contribution in [-0.4, -0.2) is 22.7 Å². The van der Waals surface area contributed by atoms with Crippen molar-refractivity contribution in [1.82, 2.24) is 4.98 Å². The van der Waals surface area contributed by atoms with Gasteiger partial charge in [-0.3, -0.25) is 9.78 Å². The van der Waals surface area contributed by atoms with E-state index >= 15 is 0 Å². The number of aromatic nitrogens is 1. The van der Waals surface area contributed by atoms with Crippen LogP contribution in [0.3, 0.4) is 0 Å². The highest BCUT2D eigenvalue weighted by Crippen LogP contribution is 2.40. The van der Waals surface area contributed by atoms with Gasteiger partial charge in [0, 0.05) is 19.0 Å². The molecule has 0 radical (unpaired) electrons. The Morgan fingerprint density at radius 3 is 2.87 bits per heavy atom. The van der Waals surface area contributed by atoms with Crippen molar-refractivity contribution in [1.29, 1.82) is 0 Å². The second-order valence-corrected chi connectivity index (χ2v) is 3.70. The minimum Gasteiger partial charge on any atom is -0.481 e. The molecule has 1 aliphatic rings. The van der Waals surface area contributed by atoms with E-state index in [-0.39, 0.29) is 6.42 Å². The molecule has 1 aromatic rings. The van der Waals surface area contributed by atoms with Gasteiger partial charge in [-0.25, -0.2) is 0 Å². The fourth-order valence-corrected chi connectivity index (χ4v) is 1.82. The van der Waals surface area contributed by atoms with Crippen LogP contribution in [0.5, 0.6) is 0 Å². The fraction of sp³-hybridized carbons (Fsp3) is 0.455. The lowest BCUT2D eigenvalue weighted by molar-refractivity contribution is -0.167. The summed E-state index contributed by atoms with van der Waals surface area (Å²) in [4.78, 5) is 14.8. The lowest BCUT2D eigenvalue weighted by Gasteiger charge is -2.41. The normalized spacial score (nSPS) is 24.5. The number of carboxylic acids is 1. The molecule has 1 aromatic heterocycles. The molecule has 0 amide bonds. The maximum Gasteiger partial charge on any atom is 0.303 e. The first kappa shape index (κ1) is 10.1. The van der Waals surface area contributed by atoms with E-state index in [4.69, 9.17) is 9.84 Å². The number of hydrogen-bond acceptors (Lipinski definition) is 3. The third-order valence-electron chi connectivity index (χ3n) is 2.76. The molecule has 1 aliphatic heterocycles. The van der Waals surface area contributed by atoms with Gasteiger partial charge in [0.25, 0.3) is 0 Å². The molecule has 0 saturated carbocycles. The van der Waals surface area contributed by atoms with Gasteiger partial charge in [-0.2, -0.15) is 0 Å². The van der Waals surface area contributed by atoms with Crippen LogP contribution in [-0.2, 0) is 15.1 Å². The largest absolute Gasteiger partial charge is 0.481 e. The number of pyridine rings is 1. The van der Waals surface area contributed by atoms with E-state index in [9.17, 15) is 4.79 Å². The van der Waals surface area contributed by atoms with Crippen molar-refractivity contribution in [2.75, 3.05) is 6.61 Å². The number of aliphatic carboxylic acids is 1. The van der Waals surface area contributed by atoms with Crippen molar-refractivity contribution in [2.24, 2.45) is 0 Å². The molecule has 80 valence electrons. The lowest BCUT2D eigenvalue weighted by Crippen LogP contribution is -2.41. The topological polar surface area (TPSA) is 59.4 Å². The maximum absolute atomic E-state index is 10.5. The average Bonchev–Trinajstić information content (AvgIpc) is 2.17. The van der Waals surface area contributed by atoms with Crippen molar-refractivity contribution >= 4 is 5.97 Å². The molecule has 0 aromatic carbocycles. The van der Waals surface area contributed by atoms with Crippen LogP contribution < -0.4 is 0 Å². The van der Waals surface area contributed by atoms with E-state index in [2.05, 4.69) is 4.98 Å². The molecule has 1 saturated heterocycles. The molecular formula is C11H13NO3. The Bertz CT molecular complexity index is 346. The Balaban J connectivity index is 2.12. The molecule has 1 atom stereocenters. The smallest absolute Gasteiger partial charge is 0.303 e. The third-order valence-corrected chi connectivity index (χ3v) is 2.76. The molecule has 1 fully saturated rings. The highest BCUT2D eigenvalue weighted by atomic mass is 16.5. The molecule has 0 aliphatic carbocycles. The SMILES string of the molecule is O=C(O)CCC1(c2ccccn2)CCO1. The van der Waals surface area contributed by atoms with Crippen LogP contribution in [0, 0.1) is 0 Å². The predicted molar refractivity (Wildman–Crippen MR) is 53.4 cm³/mol. The summed E-state index contributed by atoms with van der Waals surface area (Å²) in [7, 11) is 0. The molecule has 4 heteroatoms. The van der Waals surface area contributed by atoms with Crippen LogP contribution in [0.1, 0.15) is 25.0 Å². The molecule has 1 unspecified atom stereocenters. The van der Waals surface area contributed by atoms with Crippen LogP contribution >= 0.6 is 0 Å². The monoisotopic (exact) mass is 207 g/mol. The summed E-state index contributed by atoms with van der Waals surface area (Å²) in [6.07, 6.45) is 3.19. The number of carboxylic acid groups (broad SMARTS) is 1. The van der Waals surface area contributed by atoms with Crippen molar-refractivity contribution in [2.45, 2.75) is 24.9 Å². The zero-order chi connectivity index (χ0) is 10.7. The highest BCUT2D eigenvalue weighted by molar-refractivity contribution is 5.66. The van der Waals surface area contributed by atoms with Crippen molar-refractivity contribution in [3.63, 3.8) is 0 Å². The van der Waals surface area contributed by atoms with E-state index in [1.54, 1.807) is 6.20 Å². The van der Waals surface area contributed by atoms with Crippen LogP contribution in [0.2, 0.25) is 0 Å². The zero-order valence-corrected chi connectivity index (χ0v) is 8.35. The number of ether oxygens (including phenoxy) is 1. The minimum absolute atomic E-state index is 0.122. The standard InChI is InChI=1S/C11H13NO3/c13-10(14)4-5-11(6-8-15-11)9-3-1-2-7-12-9/h1-3,7H,4-6,8H2,(H,13,14). The average molecular weight is 207 g/mol. The molecule has 2 heterocycles. The predicted octanol–water partition coefficient (Wildman–Crippen LogP) is 1.56. The Labute approximate surface area is 87.9 Å². The second-order valence-electron chi connectivity index (χ2n) is 3.70. The van der Waals surface area contributed by atoms with Crippen LogP contribution in [0.25, 0.3) is 0 Å². The van der Waals surface area contributed by atoms with Crippen molar-refractivity contribution < 1.29 is 14.6 Å². The lowest BCUT2D eigenvalue weighted by atomic mass is 9.86. The Kier molecular flexibility index (Phi) is 2.68. The maximum atomic E-state index is 10.5. The Morgan fingerprint density at radius 2 is 2.40 bits per heavy atom. The van der Waals surface area contributed by atoms with Gasteiger partial charge >= 0.3 is 5.97 Å². The summed E-state index contributed by atoms with van der Waals surface area (Å²) in [5.74, 6) is -0.791. The van der Waals surface area contributed by atoms with Gasteiger partial charge in [-0.05, 0) is 18.6 Å². The van der Waals surface area contributed by atoms with Gasteiger partial charge in [0.15, 0.2) is 0 Å². The van der Waals surface area contributed by atoms with E-state index in [1.165, 1.54) is 0 Å². The first-order valence-electron chi connectivity index (χ1n) is 5.00. The van der Waals surface area contributed by atoms with E-state index < -0.39 is 11.6 Å². The quantitative estimate of drug-likeness (QED) is 0.814. The van der Waals surface area contributed by atoms with E-state index in [1.807, 2.05) is 18.2 Å². The number of carbonyl (C=O) groups is 1. The third kappa shape index (κ3) is 1.99. The number of hydrogen-bond donors (Lipinski definition) is 1. The second kappa shape index (κ2) is 3.98. The van der Waals surface area contributed by atoms with Crippen LogP contribution in [0.15, 0.2) is 24.4 Å². The summed E-state index contributed by atoms with van der Waals surface area (Å²) >= 11 is 0. The molecule has 0 bridgehead atoms. The van der Waals surface area contributed by atoms with E-state index in [0.717, 1.165) is 12.1 Å². The van der Waals surface area contributed by atoms with Crippen molar-refractivity contribution in [3.8, 4) is 0 Å². The first-order chi connectivity index (χ1) is 7.23. The van der Waals surface area contributed by atoms with Crippen LogP contribution in [0.4, 0.5) is 0 Å². The molecule has 15 heavy (non-hydrogen) atoms. The molecular weight excluding hydrogens is 194 g/mol. The van der Waals surface area contributed by atoms with Gasteiger partial charge in [0.05, 0.1) is 12.3 Å². The van der Waals surface area contributed by atoms with Gasteiger partial charge in [0.2, 0.25) is 0 Å². The molecule has 2 rings (SSSR count). The Morgan fingerprint density at radius 1 is 1.60 bits per heavy atom. The van der Waals surface area contributed by atoms with E-state index in [0.29, 0.717) is 13.0 Å². The Hall–Kier alpha value is -1.42. The van der Waals surface area contributed by atoms with Gasteiger partial charge in [-0.15, -0.1) is 0 Å². The zero-order valence-electron chi connectivity index (χ0n) is 8.35. The highest BCUT2D eigenvalue weighted by Gasteiger charge is 2.41. The molecule has 1 N–H and O–H groups in total. The summed E-state index contributed by atoms with van der Waals surface area (Å²) in [5, 5.41) is 8.67. The summed E-state index contributed by atoms with van der Waals surface area (Å²) in [6, 6.07) is 5.63. The number of nitrogens with zero attached hydrogens (tertiary/aromatic N) is 1. The van der Waals surface area contributed by atoms with Crippen molar-refractivity contribution in [3.05, 3.63) is 30.1 Å². The van der Waals surface area contributed by atoms with Gasteiger partial charge in [0.1, 0.15) is 5.60 Å². The van der Waals surface area contributed by atoms with Gasteiger partial charge in [-0.1, -0.05) is 6.07 Å². The summed E-state index contributed by atoms with van der Waals surface area (Å²) < 4.78 is 5.53. The molecule has 4 nitrogen and oxygen atoms in total. The number of rotatable bonds is 4.